The number of anilines is 1. The molecule has 1 fully saturated rings. The van der Waals surface area contributed by atoms with Crippen LogP contribution in [0.25, 0.3) is 0 Å². The summed E-state index contributed by atoms with van der Waals surface area (Å²) in [6, 6.07) is 8.09. The standard InChI is InChI=1S/C15H22N2O/c1-10(2)11-6-8-12(9-7-11)17-15(18)13-4-3-5-14(13)16/h6-10,13-14H,3-5,16H2,1-2H3,(H,17,18). The molecule has 1 aliphatic carbocycles. The van der Waals surface area contributed by atoms with Crippen molar-refractivity contribution in [2.45, 2.75) is 45.1 Å². The van der Waals surface area contributed by atoms with Crippen molar-refractivity contribution in [2.75, 3.05) is 5.32 Å². The first-order valence-electron chi connectivity index (χ1n) is 6.74. The Kier molecular flexibility index (Phi) is 4.02. The van der Waals surface area contributed by atoms with Gasteiger partial charge in [0.25, 0.3) is 0 Å². The zero-order valence-corrected chi connectivity index (χ0v) is 11.1. The van der Waals surface area contributed by atoms with Crippen LogP contribution in [0.3, 0.4) is 0 Å². The average Bonchev–Trinajstić information content (AvgIpc) is 2.76. The largest absolute Gasteiger partial charge is 0.327 e. The molecule has 0 aromatic heterocycles. The van der Waals surface area contributed by atoms with Gasteiger partial charge in [-0.15, -0.1) is 0 Å². The highest BCUT2D eigenvalue weighted by Gasteiger charge is 2.30. The van der Waals surface area contributed by atoms with E-state index in [9.17, 15) is 4.79 Å². The van der Waals surface area contributed by atoms with E-state index in [0.717, 1.165) is 24.9 Å². The van der Waals surface area contributed by atoms with E-state index >= 15 is 0 Å². The Morgan fingerprint density at radius 2 is 1.94 bits per heavy atom. The lowest BCUT2D eigenvalue weighted by atomic mass is 10.0. The topological polar surface area (TPSA) is 55.1 Å². The number of carbonyl (C=O) groups is 1. The highest BCUT2D eigenvalue weighted by atomic mass is 16.1. The van der Waals surface area contributed by atoms with Gasteiger partial charge in [-0.25, -0.2) is 0 Å². The zero-order valence-electron chi connectivity index (χ0n) is 11.1. The van der Waals surface area contributed by atoms with Crippen LogP contribution in [-0.4, -0.2) is 11.9 Å². The Morgan fingerprint density at radius 1 is 1.28 bits per heavy atom. The molecule has 1 amide bonds. The number of hydrogen-bond donors (Lipinski definition) is 2. The lowest BCUT2D eigenvalue weighted by Gasteiger charge is -2.15. The number of hydrogen-bond acceptors (Lipinski definition) is 2. The first-order chi connectivity index (χ1) is 8.58. The van der Waals surface area contributed by atoms with E-state index in [1.54, 1.807) is 0 Å². The fraction of sp³-hybridized carbons (Fsp3) is 0.533. The molecule has 0 heterocycles. The fourth-order valence-corrected chi connectivity index (χ4v) is 2.50. The first kappa shape index (κ1) is 13.1. The number of nitrogens with one attached hydrogen (secondary N) is 1. The lowest BCUT2D eigenvalue weighted by Crippen LogP contribution is -2.34. The minimum absolute atomic E-state index is 0.0187. The predicted molar refractivity (Wildman–Crippen MR) is 74.5 cm³/mol. The first-order valence-corrected chi connectivity index (χ1v) is 6.74. The highest BCUT2D eigenvalue weighted by molar-refractivity contribution is 5.93. The summed E-state index contributed by atoms with van der Waals surface area (Å²) in [6.07, 6.45) is 2.94. The van der Waals surface area contributed by atoms with Gasteiger partial charge >= 0.3 is 0 Å². The van der Waals surface area contributed by atoms with Gasteiger partial charge < -0.3 is 11.1 Å². The Balaban J connectivity index is 1.98. The van der Waals surface area contributed by atoms with Crippen LogP contribution < -0.4 is 11.1 Å². The normalized spacial score (nSPS) is 23.3. The number of benzene rings is 1. The summed E-state index contributed by atoms with van der Waals surface area (Å²) in [5, 5.41) is 2.96. The van der Waals surface area contributed by atoms with E-state index in [4.69, 9.17) is 5.73 Å². The second-order valence-corrected chi connectivity index (χ2v) is 5.47. The number of carbonyl (C=O) groups excluding carboxylic acids is 1. The van der Waals surface area contributed by atoms with Crippen molar-refractivity contribution in [1.29, 1.82) is 0 Å². The summed E-state index contributed by atoms with van der Waals surface area (Å²) in [5.74, 6) is 0.560. The van der Waals surface area contributed by atoms with Crippen molar-refractivity contribution >= 4 is 11.6 Å². The molecule has 0 spiro atoms. The Bertz CT molecular complexity index is 411. The van der Waals surface area contributed by atoms with Crippen LogP contribution in [0.5, 0.6) is 0 Å². The van der Waals surface area contributed by atoms with Gasteiger partial charge in [-0.2, -0.15) is 0 Å². The quantitative estimate of drug-likeness (QED) is 0.861. The van der Waals surface area contributed by atoms with Gasteiger partial charge in [-0.1, -0.05) is 32.4 Å². The third-order valence-electron chi connectivity index (χ3n) is 3.75. The molecule has 3 nitrogen and oxygen atoms in total. The van der Waals surface area contributed by atoms with Crippen LogP contribution in [-0.2, 0) is 4.79 Å². The minimum atomic E-state index is -0.0187. The monoisotopic (exact) mass is 246 g/mol. The van der Waals surface area contributed by atoms with Crippen LogP contribution in [0.4, 0.5) is 5.69 Å². The van der Waals surface area contributed by atoms with E-state index in [1.807, 2.05) is 12.1 Å². The van der Waals surface area contributed by atoms with Gasteiger partial charge in [-0.3, -0.25) is 4.79 Å². The molecular weight excluding hydrogens is 224 g/mol. The van der Waals surface area contributed by atoms with Crippen LogP contribution in [0, 0.1) is 5.92 Å². The van der Waals surface area contributed by atoms with Gasteiger partial charge in [0.1, 0.15) is 0 Å². The van der Waals surface area contributed by atoms with Crippen molar-refractivity contribution < 1.29 is 4.79 Å². The van der Waals surface area contributed by atoms with E-state index < -0.39 is 0 Å². The molecule has 98 valence electrons. The Hall–Kier alpha value is -1.35. The zero-order chi connectivity index (χ0) is 13.1. The van der Waals surface area contributed by atoms with E-state index in [2.05, 4.69) is 31.3 Å². The third kappa shape index (κ3) is 2.91. The third-order valence-corrected chi connectivity index (χ3v) is 3.75. The summed E-state index contributed by atoms with van der Waals surface area (Å²) < 4.78 is 0. The molecule has 18 heavy (non-hydrogen) atoms. The van der Waals surface area contributed by atoms with Crippen molar-refractivity contribution in [3.63, 3.8) is 0 Å². The van der Waals surface area contributed by atoms with Crippen molar-refractivity contribution in [3.05, 3.63) is 29.8 Å². The maximum absolute atomic E-state index is 12.1. The Morgan fingerprint density at radius 3 is 2.44 bits per heavy atom. The minimum Gasteiger partial charge on any atom is -0.327 e. The molecule has 1 saturated carbocycles. The second-order valence-electron chi connectivity index (χ2n) is 5.47. The number of amides is 1. The molecule has 0 radical (unpaired) electrons. The molecule has 0 bridgehead atoms. The summed E-state index contributed by atoms with van der Waals surface area (Å²) in [5.41, 5.74) is 8.08. The highest BCUT2D eigenvalue weighted by Crippen LogP contribution is 2.25. The number of nitrogens with two attached hydrogens (primary N) is 1. The van der Waals surface area contributed by atoms with Crippen LogP contribution in [0.1, 0.15) is 44.6 Å². The SMILES string of the molecule is CC(C)c1ccc(NC(=O)C2CCCC2N)cc1. The van der Waals surface area contributed by atoms with Crippen molar-refractivity contribution in [1.82, 2.24) is 0 Å². The summed E-state index contributed by atoms with van der Waals surface area (Å²) >= 11 is 0. The molecule has 2 atom stereocenters. The predicted octanol–water partition coefficient (Wildman–Crippen LogP) is 2.88. The van der Waals surface area contributed by atoms with Crippen LogP contribution in [0.15, 0.2) is 24.3 Å². The van der Waals surface area contributed by atoms with E-state index in [0.29, 0.717) is 5.92 Å². The summed E-state index contributed by atoms with van der Waals surface area (Å²) in [7, 11) is 0. The average molecular weight is 246 g/mol. The second kappa shape index (κ2) is 5.53. The van der Waals surface area contributed by atoms with Gasteiger partial charge in [-0.05, 0) is 36.5 Å². The lowest BCUT2D eigenvalue weighted by molar-refractivity contribution is -0.120. The summed E-state index contributed by atoms with van der Waals surface area (Å²) in [4.78, 5) is 12.1. The van der Waals surface area contributed by atoms with E-state index in [-0.39, 0.29) is 17.9 Å². The molecule has 2 unspecified atom stereocenters. The van der Waals surface area contributed by atoms with E-state index in [1.165, 1.54) is 5.56 Å². The maximum Gasteiger partial charge on any atom is 0.229 e. The van der Waals surface area contributed by atoms with Gasteiger partial charge in [0.2, 0.25) is 5.91 Å². The van der Waals surface area contributed by atoms with Crippen molar-refractivity contribution in [2.24, 2.45) is 11.7 Å². The molecule has 0 aliphatic heterocycles. The van der Waals surface area contributed by atoms with Gasteiger partial charge in [0, 0.05) is 11.7 Å². The molecule has 1 aliphatic rings. The van der Waals surface area contributed by atoms with Gasteiger partial charge in [0.15, 0.2) is 0 Å². The maximum atomic E-state index is 12.1. The Labute approximate surface area is 109 Å². The van der Waals surface area contributed by atoms with Crippen LogP contribution >= 0.6 is 0 Å². The fourth-order valence-electron chi connectivity index (χ4n) is 2.50. The molecular formula is C15H22N2O. The molecule has 1 aromatic rings. The molecule has 3 N–H and O–H groups in total. The number of rotatable bonds is 3. The van der Waals surface area contributed by atoms with Gasteiger partial charge in [0.05, 0.1) is 5.92 Å². The molecule has 2 rings (SSSR count). The molecule has 1 aromatic carbocycles. The summed E-state index contributed by atoms with van der Waals surface area (Å²) in [6.45, 7) is 4.32. The molecule has 3 heteroatoms. The van der Waals surface area contributed by atoms with Crippen molar-refractivity contribution in [3.8, 4) is 0 Å². The molecule has 0 saturated heterocycles. The van der Waals surface area contributed by atoms with Crippen LogP contribution in [0.2, 0.25) is 0 Å². The smallest absolute Gasteiger partial charge is 0.229 e.